The van der Waals surface area contributed by atoms with E-state index < -0.39 is 0 Å². The summed E-state index contributed by atoms with van der Waals surface area (Å²) in [4.78, 5) is 4.15. The molecule has 0 spiro atoms. The smallest absolute Gasteiger partial charge is 0.148 e. The van der Waals surface area contributed by atoms with E-state index in [1.807, 2.05) is 31.2 Å². The van der Waals surface area contributed by atoms with Crippen LogP contribution in [0, 0.1) is 18.3 Å². The molecule has 0 fully saturated rings. The van der Waals surface area contributed by atoms with E-state index in [1.165, 1.54) is 0 Å². The van der Waals surface area contributed by atoms with Crippen molar-refractivity contribution in [2.45, 2.75) is 6.92 Å². The molecule has 0 aliphatic heterocycles. The van der Waals surface area contributed by atoms with Crippen molar-refractivity contribution >= 4 is 11.5 Å². The minimum atomic E-state index is 0.547. The summed E-state index contributed by atoms with van der Waals surface area (Å²) in [5, 5.41) is 12.1. The van der Waals surface area contributed by atoms with Gasteiger partial charge in [0.1, 0.15) is 11.9 Å². The van der Waals surface area contributed by atoms with Gasteiger partial charge in [-0.2, -0.15) is 5.26 Å². The van der Waals surface area contributed by atoms with Crippen molar-refractivity contribution in [2.24, 2.45) is 0 Å². The number of hydrogen-bond donors (Lipinski definition) is 1. The second kappa shape index (κ2) is 4.45. The Hall–Kier alpha value is -2.34. The molecule has 1 aromatic carbocycles. The van der Waals surface area contributed by atoms with Gasteiger partial charge in [0, 0.05) is 11.9 Å². The van der Waals surface area contributed by atoms with Gasteiger partial charge >= 0.3 is 0 Å². The summed E-state index contributed by atoms with van der Waals surface area (Å²) in [5.74, 6) is 0.597. The van der Waals surface area contributed by atoms with Gasteiger partial charge in [-0.15, -0.1) is 0 Å². The molecular weight excluding hydrogens is 198 g/mol. The molecule has 3 nitrogen and oxygen atoms in total. The molecule has 1 N–H and O–H groups in total. The van der Waals surface area contributed by atoms with Gasteiger partial charge < -0.3 is 5.32 Å². The van der Waals surface area contributed by atoms with Crippen molar-refractivity contribution in [3.8, 4) is 6.07 Å². The molecular formula is C13H11N3. The molecule has 0 aliphatic carbocycles. The summed E-state index contributed by atoms with van der Waals surface area (Å²) >= 11 is 0. The molecule has 78 valence electrons. The lowest BCUT2D eigenvalue weighted by molar-refractivity contribution is 1.28. The van der Waals surface area contributed by atoms with Crippen LogP contribution in [0.15, 0.2) is 42.6 Å². The zero-order valence-electron chi connectivity index (χ0n) is 8.94. The average molecular weight is 209 g/mol. The van der Waals surface area contributed by atoms with Crippen LogP contribution < -0.4 is 5.32 Å². The molecule has 0 amide bonds. The van der Waals surface area contributed by atoms with Crippen LogP contribution in [0.2, 0.25) is 0 Å². The Kier molecular flexibility index (Phi) is 2.84. The molecule has 16 heavy (non-hydrogen) atoms. The van der Waals surface area contributed by atoms with E-state index in [2.05, 4.69) is 16.4 Å². The van der Waals surface area contributed by atoms with Crippen LogP contribution in [-0.4, -0.2) is 4.98 Å². The maximum Gasteiger partial charge on any atom is 0.148 e. The first-order valence-electron chi connectivity index (χ1n) is 4.99. The second-order valence-corrected chi connectivity index (χ2v) is 3.45. The molecule has 3 heteroatoms. The molecule has 1 aromatic heterocycles. The molecule has 0 unspecified atom stereocenters. The quantitative estimate of drug-likeness (QED) is 0.827. The van der Waals surface area contributed by atoms with Crippen molar-refractivity contribution in [1.82, 2.24) is 4.98 Å². The van der Waals surface area contributed by atoms with Crippen molar-refractivity contribution in [1.29, 1.82) is 5.26 Å². The van der Waals surface area contributed by atoms with Crippen molar-refractivity contribution in [3.05, 3.63) is 53.7 Å². The number of para-hydroxylation sites is 1. The molecule has 0 bridgehead atoms. The van der Waals surface area contributed by atoms with Gasteiger partial charge in [-0.05, 0) is 30.7 Å². The van der Waals surface area contributed by atoms with E-state index in [4.69, 9.17) is 5.26 Å². The Morgan fingerprint density at radius 1 is 1.19 bits per heavy atom. The van der Waals surface area contributed by atoms with E-state index in [0.29, 0.717) is 11.4 Å². The van der Waals surface area contributed by atoms with E-state index in [9.17, 15) is 0 Å². The molecule has 0 aliphatic rings. The summed E-state index contributed by atoms with van der Waals surface area (Å²) < 4.78 is 0. The molecule has 2 aromatic rings. The molecule has 0 atom stereocenters. The lowest BCUT2D eigenvalue weighted by Crippen LogP contribution is -1.97. The Balaban J connectivity index is 2.35. The number of nitrogens with zero attached hydrogens (tertiary/aromatic N) is 2. The van der Waals surface area contributed by atoms with E-state index in [1.54, 1.807) is 18.3 Å². The number of anilines is 2. The lowest BCUT2D eigenvalue weighted by Gasteiger charge is -2.09. The SMILES string of the molecule is Cc1ccccc1Nc1ncccc1C#N. The van der Waals surface area contributed by atoms with Crippen LogP contribution in [-0.2, 0) is 0 Å². The monoisotopic (exact) mass is 209 g/mol. The second-order valence-electron chi connectivity index (χ2n) is 3.45. The van der Waals surface area contributed by atoms with Gasteiger partial charge in [0.2, 0.25) is 0 Å². The van der Waals surface area contributed by atoms with Crippen molar-refractivity contribution < 1.29 is 0 Å². The van der Waals surface area contributed by atoms with Crippen molar-refractivity contribution in [3.63, 3.8) is 0 Å². The Morgan fingerprint density at radius 3 is 2.75 bits per heavy atom. The third-order valence-corrected chi connectivity index (χ3v) is 2.33. The fraction of sp³-hybridized carbons (Fsp3) is 0.0769. The number of rotatable bonds is 2. The first-order chi connectivity index (χ1) is 7.81. The van der Waals surface area contributed by atoms with Gasteiger partial charge in [0.05, 0.1) is 5.56 Å². The number of nitriles is 1. The van der Waals surface area contributed by atoms with Crippen LogP contribution in [0.4, 0.5) is 11.5 Å². The molecule has 0 radical (unpaired) electrons. The maximum absolute atomic E-state index is 8.94. The standard InChI is InChI=1S/C13H11N3/c1-10-5-2-3-7-12(10)16-13-11(9-14)6-4-8-15-13/h2-8H,1H3,(H,15,16). The average Bonchev–Trinajstić information content (AvgIpc) is 2.33. The van der Waals surface area contributed by atoms with Crippen LogP contribution in [0.25, 0.3) is 0 Å². The Morgan fingerprint density at radius 2 is 2.00 bits per heavy atom. The molecule has 2 rings (SSSR count). The van der Waals surface area contributed by atoms with Gasteiger partial charge in [-0.3, -0.25) is 0 Å². The van der Waals surface area contributed by atoms with E-state index in [0.717, 1.165) is 11.3 Å². The molecule has 0 saturated heterocycles. The number of aromatic nitrogens is 1. The summed E-state index contributed by atoms with van der Waals surface area (Å²) in [6.07, 6.45) is 1.67. The third kappa shape index (κ3) is 2.01. The fourth-order valence-electron chi connectivity index (χ4n) is 1.44. The molecule has 1 heterocycles. The van der Waals surface area contributed by atoms with Crippen LogP contribution in [0.1, 0.15) is 11.1 Å². The van der Waals surface area contributed by atoms with Gasteiger partial charge in [-0.1, -0.05) is 18.2 Å². The van der Waals surface area contributed by atoms with Gasteiger partial charge in [0.25, 0.3) is 0 Å². The highest BCUT2D eigenvalue weighted by molar-refractivity contribution is 5.64. The lowest BCUT2D eigenvalue weighted by atomic mass is 10.2. The predicted octanol–water partition coefficient (Wildman–Crippen LogP) is 3.01. The number of nitrogens with one attached hydrogen (secondary N) is 1. The predicted molar refractivity (Wildman–Crippen MR) is 63.4 cm³/mol. The highest BCUT2D eigenvalue weighted by Crippen LogP contribution is 2.20. The molecule has 0 saturated carbocycles. The number of hydrogen-bond acceptors (Lipinski definition) is 3. The number of aryl methyl sites for hydroxylation is 1. The fourth-order valence-corrected chi connectivity index (χ4v) is 1.44. The summed E-state index contributed by atoms with van der Waals surface area (Å²) in [6.45, 7) is 2.01. The zero-order valence-corrected chi connectivity index (χ0v) is 8.94. The van der Waals surface area contributed by atoms with Gasteiger partial charge in [-0.25, -0.2) is 4.98 Å². The summed E-state index contributed by atoms with van der Waals surface area (Å²) in [6, 6.07) is 13.5. The van der Waals surface area contributed by atoms with Crippen LogP contribution in [0.5, 0.6) is 0 Å². The Labute approximate surface area is 94.4 Å². The van der Waals surface area contributed by atoms with E-state index in [-0.39, 0.29) is 0 Å². The third-order valence-electron chi connectivity index (χ3n) is 2.33. The minimum Gasteiger partial charge on any atom is -0.339 e. The first-order valence-corrected chi connectivity index (χ1v) is 4.99. The minimum absolute atomic E-state index is 0.547. The number of pyridine rings is 1. The largest absolute Gasteiger partial charge is 0.339 e. The van der Waals surface area contributed by atoms with Crippen molar-refractivity contribution in [2.75, 3.05) is 5.32 Å². The maximum atomic E-state index is 8.94. The van der Waals surface area contributed by atoms with Crippen LogP contribution >= 0.6 is 0 Å². The topological polar surface area (TPSA) is 48.7 Å². The van der Waals surface area contributed by atoms with Gasteiger partial charge in [0.15, 0.2) is 0 Å². The number of benzene rings is 1. The van der Waals surface area contributed by atoms with E-state index >= 15 is 0 Å². The highest BCUT2D eigenvalue weighted by atomic mass is 15.0. The first kappa shape index (κ1) is 10.2. The zero-order chi connectivity index (χ0) is 11.4. The normalized spacial score (nSPS) is 9.50. The highest BCUT2D eigenvalue weighted by Gasteiger charge is 2.03. The summed E-state index contributed by atoms with van der Waals surface area (Å²) in [5.41, 5.74) is 2.64. The van der Waals surface area contributed by atoms with Crippen LogP contribution in [0.3, 0.4) is 0 Å². The Bertz CT molecular complexity index is 541. The summed E-state index contributed by atoms with van der Waals surface area (Å²) in [7, 11) is 0.